The van der Waals surface area contributed by atoms with Crippen molar-refractivity contribution >= 4 is 56.8 Å². The van der Waals surface area contributed by atoms with Crippen molar-refractivity contribution in [2.24, 2.45) is 0 Å². The quantitative estimate of drug-likeness (QED) is 0.466. The van der Waals surface area contributed by atoms with Crippen LogP contribution in [0.15, 0.2) is 40.4 Å². The first-order valence-corrected chi connectivity index (χ1v) is 8.94. The Labute approximate surface area is 168 Å². The van der Waals surface area contributed by atoms with Crippen molar-refractivity contribution in [3.05, 3.63) is 56.0 Å². The molecule has 26 heavy (non-hydrogen) atoms. The first kappa shape index (κ1) is 20.1. The summed E-state index contributed by atoms with van der Waals surface area (Å²) in [6, 6.07) is 9.73. The van der Waals surface area contributed by atoms with E-state index in [0.717, 1.165) is 0 Å². The molecule has 8 heteroatoms. The van der Waals surface area contributed by atoms with Crippen molar-refractivity contribution in [3.8, 4) is 17.6 Å². The molecule has 0 saturated carbocycles. The second kappa shape index (κ2) is 8.95. The zero-order valence-corrected chi connectivity index (χ0v) is 16.6. The number of aromatic hydroxyl groups is 1. The molecule has 134 valence electrons. The number of hydrogen-bond donors (Lipinski definition) is 2. The van der Waals surface area contributed by atoms with Crippen molar-refractivity contribution in [1.29, 1.82) is 5.26 Å². The third-order valence-electron chi connectivity index (χ3n) is 3.23. The molecule has 0 radical (unpaired) electrons. The van der Waals surface area contributed by atoms with Gasteiger partial charge in [-0.25, -0.2) is 0 Å². The van der Waals surface area contributed by atoms with Crippen LogP contribution in [0.2, 0.25) is 10.0 Å². The van der Waals surface area contributed by atoms with Gasteiger partial charge in [-0.1, -0.05) is 29.3 Å². The minimum absolute atomic E-state index is 0.0577. The highest BCUT2D eigenvalue weighted by Crippen LogP contribution is 2.36. The number of hydrogen-bond acceptors (Lipinski definition) is 4. The van der Waals surface area contributed by atoms with E-state index in [-0.39, 0.29) is 27.1 Å². The van der Waals surface area contributed by atoms with E-state index in [9.17, 15) is 15.2 Å². The van der Waals surface area contributed by atoms with Crippen molar-refractivity contribution < 1.29 is 14.6 Å². The molecule has 2 rings (SSSR count). The smallest absolute Gasteiger partial charge is 0.266 e. The Morgan fingerprint density at radius 3 is 2.81 bits per heavy atom. The molecule has 2 aromatic rings. The monoisotopic (exact) mass is 454 g/mol. The Bertz CT molecular complexity index is 923. The lowest BCUT2D eigenvalue weighted by molar-refractivity contribution is -0.112. The van der Waals surface area contributed by atoms with Crippen LogP contribution in [0.5, 0.6) is 11.5 Å². The topological polar surface area (TPSA) is 82.3 Å². The maximum atomic E-state index is 12.4. The molecule has 0 fully saturated rings. The van der Waals surface area contributed by atoms with E-state index in [4.69, 9.17) is 27.9 Å². The molecule has 0 aromatic heterocycles. The summed E-state index contributed by atoms with van der Waals surface area (Å²) in [6.45, 7) is 2.13. The number of phenolic OH excluding ortho intramolecular Hbond substituents is 1. The molecule has 0 spiro atoms. The number of carbonyl (C=O) groups is 1. The van der Waals surface area contributed by atoms with Gasteiger partial charge in [0.15, 0.2) is 11.5 Å². The summed E-state index contributed by atoms with van der Waals surface area (Å²) in [6.07, 6.45) is 1.38. The highest BCUT2D eigenvalue weighted by molar-refractivity contribution is 9.10. The Morgan fingerprint density at radius 2 is 2.15 bits per heavy atom. The molecule has 0 unspecified atom stereocenters. The number of phenols is 1. The summed E-state index contributed by atoms with van der Waals surface area (Å²) in [5.74, 6) is -0.458. The van der Waals surface area contributed by atoms with Crippen molar-refractivity contribution in [2.45, 2.75) is 6.92 Å². The standard InChI is InChI=1S/C18H13BrCl2N2O3/c1-2-26-15-8-10(7-12(19)17(15)24)6-11(9-22)18(25)23-14-5-3-4-13(20)16(14)21/h3-8,24H,2H2,1H3,(H,23,25)/b11-6-. The SMILES string of the molecule is CCOc1cc(/C=C(/C#N)C(=O)Nc2cccc(Cl)c2Cl)cc(Br)c1O. The van der Waals surface area contributed by atoms with Crippen LogP contribution in [0.3, 0.4) is 0 Å². The van der Waals surface area contributed by atoms with Crippen LogP contribution in [0.25, 0.3) is 6.08 Å². The van der Waals surface area contributed by atoms with Crippen LogP contribution < -0.4 is 10.1 Å². The van der Waals surface area contributed by atoms with Gasteiger partial charge in [-0.2, -0.15) is 5.26 Å². The summed E-state index contributed by atoms with van der Waals surface area (Å²) in [7, 11) is 0. The number of benzene rings is 2. The number of carbonyl (C=O) groups excluding carboxylic acids is 1. The minimum atomic E-state index is -0.640. The molecular weight excluding hydrogens is 443 g/mol. The average molecular weight is 456 g/mol. The van der Waals surface area contributed by atoms with Gasteiger partial charge in [0.2, 0.25) is 0 Å². The van der Waals surface area contributed by atoms with Gasteiger partial charge in [0.25, 0.3) is 5.91 Å². The summed E-state index contributed by atoms with van der Waals surface area (Å²) in [4.78, 5) is 12.4. The molecule has 0 saturated heterocycles. The molecule has 0 aliphatic carbocycles. The number of halogens is 3. The minimum Gasteiger partial charge on any atom is -0.503 e. The summed E-state index contributed by atoms with van der Waals surface area (Å²) in [5, 5.41) is 22.3. The normalized spacial score (nSPS) is 11.0. The molecule has 0 heterocycles. The van der Waals surface area contributed by atoms with E-state index in [1.165, 1.54) is 12.1 Å². The second-order valence-electron chi connectivity index (χ2n) is 5.01. The maximum absolute atomic E-state index is 12.4. The number of ether oxygens (including phenoxy) is 1. The molecule has 2 N–H and O–H groups in total. The Morgan fingerprint density at radius 1 is 1.42 bits per heavy atom. The molecule has 0 aliphatic rings. The van der Waals surface area contributed by atoms with Crippen LogP contribution in [0.4, 0.5) is 5.69 Å². The van der Waals surface area contributed by atoms with Crippen LogP contribution >= 0.6 is 39.1 Å². The van der Waals surface area contributed by atoms with Crippen molar-refractivity contribution in [1.82, 2.24) is 0 Å². The summed E-state index contributed by atoms with van der Waals surface area (Å²) >= 11 is 15.2. The fourth-order valence-electron chi connectivity index (χ4n) is 2.05. The first-order chi connectivity index (χ1) is 12.4. The lowest BCUT2D eigenvalue weighted by Crippen LogP contribution is -2.13. The van der Waals surface area contributed by atoms with Crippen molar-refractivity contribution in [2.75, 3.05) is 11.9 Å². The predicted molar refractivity (Wildman–Crippen MR) is 106 cm³/mol. The van der Waals surface area contributed by atoms with E-state index in [0.29, 0.717) is 22.3 Å². The maximum Gasteiger partial charge on any atom is 0.266 e. The van der Waals surface area contributed by atoms with Gasteiger partial charge in [-0.3, -0.25) is 4.79 Å². The summed E-state index contributed by atoms with van der Waals surface area (Å²) in [5.41, 5.74) is 0.648. The Kier molecular flexibility index (Phi) is 6.92. The molecule has 0 aliphatic heterocycles. The summed E-state index contributed by atoms with van der Waals surface area (Å²) < 4.78 is 5.71. The van der Waals surface area contributed by atoms with E-state index in [2.05, 4.69) is 21.2 Å². The zero-order valence-electron chi connectivity index (χ0n) is 13.5. The third-order valence-corrected chi connectivity index (χ3v) is 4.65. The van der Waals surface area contributed by atoms with Crippen LogP contribution in [-0.4, -0.2) is 17.6 Å². The van der Waals surface area contributed by atoms with Gasteiger partial charge in [0.05, 0.1) is 26.8 Å². The second-order valence-corrected chi connectivity index (χ2v) is 6.65. The Hall–Kier alpha value is -2.20. The van der Waals surface area contributed by atoms with Gasteiger partial charge < -0.3 is 15.2 Å². The van der Waals surface area contributed by atoms with E-state index in [1.807, 2.05) is 6.07 Å². The molecule has 1 amide bonds. The highest BCUT2D eigenvalue weighted by atomic mass is 79.9. The lowest BCUT2D eigenvalue weighted by atomic mass is 10.1. The number of nitriles is 1. The molecule has 0 atom stereocenters. The van der Waals surface area contributed by atoms with Gasteiger partial charge in [-0.05, 0) is 58.8 Å². The molecule has 2 aromatic carbocycles. The van der Waals surface area contributed by atoms with Crippen molar-refractivity contribution in [3.63, 3.8) is 0 Å². The van der Waals surface area contributed by atoms with Gasteiger partial charge in [0, 0.05) is 0 Å². The predicted octanol–water partition coefficient (Wildman–Crippen LogP) is 5.41. The van der Waals surface area contributed by atoms with Gasteiger partial charge in [-0.15, -0.1) is 0 Å². The van der Waals surface area contributed by atoms with Crippen LogP contribution in [0, 0.1) is 11.3 Å². The molecule has 5 nitrogen and oxygen atoms in total. The number of anilines is 1. The molecular formula is C18H13BrCl2N2O3. The van der Waals surface area contributed by atoms with Gasteiger partial charge >= 0.3 is 0 Å². The third kappa shape index (κ3) is 4.70. The van der Waals surface area contributed by atoms with E-state index in [1.54, 1.807) is 31.2 Å². The van der Waals surface area contributed by atoms with Crippen LogP contribution in [0.1, 0.15) is 12.5 Å². The fourth-order valence-corrected chi connectivity index (χ4v) is 2.86. The van der Waals surface area contributed by atoms with E-state index >= 15 is 0 Å². The first-order valence-electron chi connectivity index (χ1n) is 7.39. The lowest BCUT2D eigenvalue weighted by Gasteiger charge is -2.10. The Balaban J connectivity index is 2.34. The fraction of sp³-hybridized carbons (Fsp3) is 0.111. The molecule has 0 bridgehead atoms. The van der Waals surface area contributed by atoms with E-state index < -0.39 is 5.91 Å². The number of nitrogens with zero attached hydrogens (tertiary/aromatic N) is 1. The average Bonchev–Trinajstić information content (AvgIpc) is 2.61. The number of amides is 1. The van der Waals surface area contributed by atoms with Gasteiger partial charge in [0.1, 0.15) is 11.6 Å². The van der Waals surface area contributed by atoms with Crippen LogP contribution in [-0.2, 0) is 4.79 Å². The number of rotatable bonds is 5. The highest BCUT2D eigenvalue weighted by Gasteiger charge is 2.14. The zero-order chi connectivity index (χ0) is 19.3. The number of nitrogens with one attached hydrogen (secondary N) is 1. The largest absolute Gasteiger partial charge is 0.503 e.